The number of nitriles is 1. The first kappa shape index (κ1) is 12.3. The second-order valence-electron chi connectivity index (χ2n) is 2.94. The molecular formula is C10H10FN3OS. The Balaban J connectivity index is 2.48. The maximum absolute atomic E-state index is 12.9. The van der Waals surface area contributed by atoms with Crippen LogP contribution in [0.4, 0.5) is 10.1 Å². The molecule has 0 radical (unpaired) electrons. The predicted molar refractivity (Wildman–Crippen MR) is 60.2 cm³/mol. The maximum Gasteiger partial charge on any atom is 0.231 e. The number of carbonyl (C=O) groups is 1. The van der Waals surface area contributed by atoms with Gasteiger partial charge in [0, 0.05) is 10.6 Å². The van der Waals surface area contributed by atoms with E-state index < -0.39 is 5.82 Å². The summed E-state index contributed by atoms with van der Waals surface area (Å²) in [6.45, 7) is -0.0231. The summed E-state index contributed by atoms with van der Waals surface area (Å²) in [4.78, 5) is 11.7. The summed E-state index contributed by atoms with van der Waals surface area (Å²) in [5, 5.41) is 10.6. The van der Waals surface area contributed by atoms with E-state index in [0.29, 0.717) is 10.6 Å². The molecular weight excluding hydrogens is 229 g/mol. The first-order valence-corrected chi connectivity index (χ1v) is 5.43. The van der Waals surface area contributed by atoms with Crippen molar-refractivity contribution < 1.29 is 9.18 Å². The zero-order valence-electron chi connectivity index (χ0n) is 8.37. The van der Waals surface area contributed by atoms with E-state index in [-0.39, 0.29) is 18.2 Å². The molecule has 1 rings (SSSR count). The topological polar surface area (TPSA) is 78.9 Å². The highest BCUT2D eigenvalue weighted by atomic mass is 32.2. The maximum atomic E-state index is 12.9. The number of nitrogens with one attached hydrogen (secondary N) is 1. The predicted octanol–water partition coefficient (Wildman–Crippen LogP) is 1.14. The number of halogens is 1. The number of nitrogens with two attached hydrogens (primary N) is 1. The fourth-order valence-electron chi connectivity index (χ4n) is 1.01. The molecule has 0 bridgehead atoms. The molecule has 0 spiro atoms. The molecule has 0 aliphatic rings. The highest BCUT2D eigenvalue weighted by Gasteiger charge is 2.03. The molecule has 0 saturated carbocycles. The Kier molecular flexibility index (Phi) is 4.61. The molecule has 0 heterocycles. The number of rotatable bonds is 4. The molecule has 1 amide bonds. The minimum atomic E-state index is -0.431. The van der Waals surface area contributed by atoms with E-state index in [9.17, 15) is 9.18 Å². The average molecular weight is 239 g/mol. The molecule has 0 saturated heterocycles. The van der Waals surface area contributed by atoms with Crippen molar-refractivity contribution in [1.82, 2.24) is 5.32 Å². The van der Waals surface area contributed by atoms with Crippen molar-refractivity contribution in [2.45, 2.75) is 4.90 Å². The van der Waals surface area contributed by atoms with Crippen LogP contribution in [-0.2, 0) is 4.79 Å². The van der Waals surface area contributed by atoms with Crippen LogP contribution in [-0.4, -0.2) is 18.2 Å². The SMILES string of the molecule is N#CCNC(=O)CSc1cc(N)cc(F)c1. The summed E-state index contributed by atoms with van der Waals surface area (Å²) in [7, 11) is 0. The smallest absolute Gasteiger partial charge is 0.231 e. The van der Waals surface area contributed by atoms with Crippen LogP contribution in [0.5, 0.6) is 0 Å². The van der Waals surface area contributed by atoms with Gasteiger partial charge in [-0.05, 0) is 18.2 Å². The third kappa shape index (κ3) is 4.19. The first-order valence-electron chi connectivity index (χ1n) is 4.44. The lowest BCUT2D eigenvalue weighted by Crippen LogP contribution is -2.25. The van der Waals surface area contributed by atoms with Crippen molar-refractivity contribution in [3.8, 4) is 6.07 Å². The van der Waals surface area contributed by atoms with Crippen LogP contribution >= 0.6 is 11.8 Å². The van der Waals surface area contributed by atoms with Crippen LogP contribution in [0.3, 0.4) is 0 Å². The number of nitrogens with zero attached hydrogens (tertiary/aromatic N) is 1. The summed E-state index contributed by atoms with van der Waals surface area (Å²) >= 11 is 1.17. The lowest BCUT2D eigenvalue weighted by atomic mass is 10.3. The standard InChI is InChI=1S/C10H10FN3OS/c11-7-3-8(13)5-9(4-7)16-6-10(15)14-2-1-12/h3-5H,2,6,13H2,(H,14,15). The summed E-state index contributed by atoms with van der Waals surface area (Å²) in [5.74, 6) is -0.570. The number of benzene rings is 1. The Morgan fingerprint density at radius 1 is 1.56 bits per heavy atom. The summed E-state index contributed by atoms with van der Waals surface area (Å²) in [5.41, 5.74) is 5.77. The van der Waals surface area contributed by atoms with Crippen molar-refractivity contribution >= 4 is 23.4 Å². The van der Waals surface area contributed by atoms with E-state index in [4.69, 9.17) is 11.0 Å². The molecule has 1 aromatic carbocycles. The second-order valence-corrected chi connectivity index (χ2v) is 3.99. The molecule has 3 N–H and O–H groups in total. The second kappa shape index (κ2) is 5.98. The van der Waals surface area contributed by atoms with Crippen LogP contribution in [0.2, 0.25) is 0 Å². The molecule has 84 valence electrons. The van der Waals surface area contributed by atoms with Gasteiger partial charge in [-0.3, -0.25) is 4.79 Å². The Labute approximate surface area is 96.6 Å². The molecule has 0 fully saturated rings. The Morgan fingerprint density at radius 3 is 2.94 bits per heavy atom. The lowest BCUT2D eigenvalue weighted by molar-refractivity contribution is -0.118. The van der Waals surface area contributed by atoms with Gasteiger partial charge in [-0.15, -0.1) is 11.8 Å². The zero-order chi connectivity index (χ0) is 12.0. The largest absolute Gasteiger partial charge is 0.399 e. The van der Waals surface area contributed by atoms with Gasteiger partial charge in [0.25, 0.3) is 0 Å². The van der Waals surface area contributed by atoms with Crippen molar-refractivity contribution in [3.63, 3.8) is 0 Å². The molecule has 4 nitrogen and oxygen atoms in total. The van der Waals surface area contributed by atoms with Crippen LogP contribution in [0.15, 0.2) is 23.1 Å². The van der Waals surface area contributed by atoms with Gasteiger partial charge in [-0.25, -0.2) is 4.39 Å². The minimum Gasteiger partial charge on any atom is -0.399 e. The molecule has 0 aromatic heterocycles. The number of hydrogen-bond donors (Lipinski definition) is 2. The van der Waals surface area contributed by atoms with Gasteiger partial charge in [0.2, 0.25) is 5.91 Å². The molecule has 0 atom stereocenters. The Bertz CT molecular complexity index is 410. The van der Waals surface area contributed by atoms with Gasteiger partial charge in [0.05, 0.1) is 11.8 Å². The number of amides is 1. The van der Waals surface area contributed by atoms with Crippen LogP contribution in [0.25, 0.3) is 0 Å². The number of nitrogen functional groups attached to an aromatic ring is 1. The van der Waals surface area contributed by atoms with Gasteiger partial charge in [0.15, 0.2) is 0 Å². The van der Waals surface area contributed by atoms with E-state index in [2.05, 4.69) is 5.32 Å². The van der Waals surface area contributed by atoms with Crippen LogP contribution < -0.4 is 11.1 Å². The highest BCUT2D eigenvalue weighted by molar-refractivity contribution is 8.00. The molecule has 16 heavy (non-hydrogen) atoms. The molecule has 6 heteroatoms. The molecule has 1 aromatic rings. The van der Waals surface area contributed by atoms with E-state index in [0.717, 1.165) is 0 Å². The van der Waals surface area contributed by atoms with E-state index in [1.54, 1.807) is 12.1 Å². The lowest BCUT2D eigenvalue weighted by Gasteiger charge is -2.03. The monoisotopic (exact) mass is 239 g/mol. The van der Waals surface area contributed by atoms with Crippen molar-refractivity contribution in [1.29, 1.82) is 5.26 Å². The molecule has 0 aliphatic heterocycles. The number of thioether (sulfide) groups is 1. The van der Waals surface area contributed by atoms with Gasteiger partial charge in [-0.2, -0.15) is 5.26 Å². The van der Waals surface area contributed by atoms with Gasteiger partial charge in [0.1, 0.15) is 12.4 Å². The van der Waals surface area contributed by atoms with Crippen LogP contribution in [0.1, 0.15) is 0 Å². The average Bonchev–Trinajstić information content (AvgIpc) is 2.22. The third-order valence-corrected chi connectivity index (χ3v) is 2.60. The van der Waals surface area contributed by atoms with Crippen molar-refractivity contribution in [2.75, 3.05) is 18.0 Å². The quantitative estimate of drug-likeness (QED) is 0.469. The number of hydrogen-bond acceptors (Lipinski definition) is 4. The fourth-order valence-corrected chi connectivity index (χ4v) is 1.82. The zero-order valence-corrected chi connectivity index (χ0v) is 9.18. The summed E-state index contributed by atoms with van der Waals surface area (Å²) in [6.07, 6.45) is 0. The summed E-state index contributed by atoms with van der Waals surface area (Å²) < 4.78 is 12.9. The molecule has 0 aliphatic carbocycles. The minimum absolute atomic E-state index is 0.0231. The highest BCUT2D eigenvalue weighted by Crippen LogP contribution is 2.21. The van der Waals surface area contributed by atoms with Gasteiger partial charge in [-0.1, -0.05) is 0 Å². The fraction of sp³-hybridized carbons (Fsp3) is 0.200. The van der Waals surface area contributed by atoms with Crippen LogP contribution in [0, 0.1) is 17.1 Å². The van der Waals surface area contributed by atoms with Gasteiger partial charge >= 0.3 is 0 Å². The third-order valence-electron chi connectivity index (χ3n) is 1.63. The number of carbonyl (C=O) groups excluding carboxylic acids is 1. The number of anilines is 1. The first-order chi connectivity index (χ1) is 7.61. The Hall–Kier alpha value is -1.74. The van der Waals surface area contributed by atoms with Crippen molar-refractivity contribution in [3.05, 3.63) is 24.0 Å². The van der Waals surface area contributed by atoms with E-state index in [1.807, 2.05) is 0 Å². The summed E-state index contributed by atoms with van der Waals surface area (Å²) in [6, 6.07) is 5.89. The van der Waals surface area contributed by atoms with E-state index in [1.165, 1.54) is 23.9 Å². The normalized spacial score (nSPS) is 9.50. The van der Waals surface area contributed by atoms with Gasteiger partial charge < -0.3 is 11.1 Å². The van der Waals surface area contributed by atoms with Crippen molar-refractivity contribution in [2.24, 2.45) is 0 Å². The Morgan fingerprint density at radius 2 is 2.31 bits per heavy atom. The van der Waals surface area contributed by atoms with E-state index >= 15 is 0 Å². The molecule has 0 unspecified atom stereocenters.